The average molecular weight is 441 g/mol. The Morgan fingerprint density at radius 2 is 2.03 bits per heavy atom. The molecule has 3 aromatic rings. The van der Waals surface area contributed by atoms with Crippen molar-refractivity contribution >= 4 is 29.0 Å². The number of aromatic nitrogens is 5. The third kappa shape index (κ3) is 4.41. The number of rotatable bonds is 7. The van der Waals surface area contributed by atoms with Crippen LogP contribution in [0.4, 0.5) is 11.6 Å². The first-order valence-electron chi connectivity index (χ1n) is 10.6. The van der Waals surface area contributed by atoms with Crippen molar-refractivity contribution in [3.8, 4) is 0 Å². The van der Waals surface area contributed by atoms with E-state index in [0.29, 0.717) is 11.5 Å². The molecule has 0 saturated heterocycles. The molecule has 12 heteroatoms. The van der Waals surface area contributed by atoms with Crippen LogP contribution in [0.1, 0.15) is 46.7 Å². The van der Waals surface area contributed by atoms with E-state index in [-0.39, 0.29) is 42.3 Å². The van der Waals surface area contributed by atoms with Crippen LogP contribution in [0.15, 0.2) is 24.5 Å². The monoisotopic (exact) mass is 441 g/mol. The highest BCUT2D eigenvalue weighted by Crippen LogP contribution is 2.20. The number of nitrogens with two attached hydrogens (primary N) is 1. The Morgan fingerprint density at radius 1 is 1.22 bits per heavy atom. The summed E-state index contributed by atoms with van der Waals surface area (Å²) in [7, 11) is 1.48. The third-order valence-corrected chi connectivity index (χ3v) is 5.55. The number of carbonyl (C=O) groups is 2. The summed E-state index contributed by atoms with van der Waals surface area (Å²) in [6.07, 6.45) is 7.25. The van der Waals surface area contributed by atoms with Crippen LogP contribution in [0, 0.1) is 0 Å². The van der Waals surface area contributed by atoms with E-state index < -0.39 is 11.8 Å². The minimum atomic E-state index is -0.460. The normalized spacial score (nSPS) is 18.5. The van der Waals surface area contributed by atoms with Gasteiger partial charge in [0.2, 0.25) is 5.95 Å². The molecule has 1 fully saturated rings. The van der Waals surface area contributed by atoms with Crippen molar-refractivity contribution in [3.63, 3.8) is 0 Å². The quantitative estimate of drug-likeness (QED) is 0.347. The van der Waals surface area contributed by atoms with E-state index in [1.165, 1.54) is 22.4 Å². The van der Waals surface area contributed by atoms with Gasteiger partial charge in [0.15, 0.2) is 5.69 Å². The summed E-state index contributed by atoms with van der Waals surface area (Å²) in [5.41, 5.74) is 7.42. The number of anilines is 2. The molecule has 0 aliphatic heterocycles. The highest BCUT2D eigenvalue weighted by molar-refractivity contribution is 6.07. The molecule has 2 atom stereocenters. The summed E-state index contributed by atoms with van der Waals surface area (Å²) in [6.45, 7) is 0.0441. The molecule has 2 amide bonds. The number of aliphatic hydroxyl groups is 1. The Bertz CT molecular complexity index is 1120. The van der Waals surface area contributed by atoms with Crippen molar-refractivity contribution in [3.05, 3.63) is 35.9 Å². The van der Waals surface area contributed by atoms with Gasteiger partial charge in [0.05, 0.1) is 30.6 Å². The fourth-order valence-corrected chi connectivity index (χ4v) is 3.85. The van der Waals surface area contributed by atoms with E-state index in [0.717, 1.165) is 25.7 Å². The average Bonchev–Trinajstić information content (AvgIpc) is 3.39. The second-order valence-electron chi connectivity index (χ2n) is 7.75. The van der Waals surface area contributed by atoms with E-state index in [2.05, 4.69) is 31.1 Å². The lowest BCUT2D eigenvalue weighted by atomic mass is 9.91. The van der Waals surface area contributed by atoms with Crippen molar-refractivity contribution in [2.24, 2.45) is 5.73 Å². The Kier molecular flexibility index (Phi) is 6.32. The predicted molar refractivity (Wildman–Crippen MR) is 117 cm³/mol. The van der Waals surface area contributed by atoms with Gasteiger partial charge in [-0.3, -0.25) is 14.3 Å². The second kappa shape index (κ2) is 9.32. The van der Waals surface area contributed by atoms with Gasteiger partial charge >= 0.3 is 0 Å². The van der Waals surface area contributed by atoms with Crippen molar-refractivity contribution in [2.75, 3.05) is 24.3 Å². The number of aliphatic hydroxyl groups excluding tert-OH is 1. The van der Waals surface area contributed by atoms with Gasteiger partial charge in [-0.25, -0.2) is 9.50 Å². The Balaban J connectivity index is 1.58. The molecule has 4 rings (SSSR count). The summed E-state index contributed by atoms with van der Waals surface area (Å²) >= 11 is 0. The van der Waals surface area contributed by atoms with E-state index >= 15 is 0 Å². The summed E-state index contributed by atoms with van der Waals surface area (Å²) in [5.74, 6) is -0.515. The smallest absolute Gasteiger partial charge is 0.274 e. The molecular formula is C20H27N9O3. The lowest BCUT2D eigenvalue weighted by Gasteiger charge is -2.29. The molecule has 0 unspecified atom stereocenters. The van der Waals surface area contributed by atoms with Crippen LogP contribution in [0.25, 0.3) is 5.52 Å². The van der Waals surface area contributed by atoms with Crippen molar-refractivity contribution in [1.82, 2.24) is 29.7 Å². The topological polar surface area (TPSA) is 164 Å². The number of fused-ring (bicyclic) bond motifs is 1. The van der Waals surface area contributed by atoms with Crippen LogP contribution >= 0.6 is 0 Å². The first-order valence-corrected chi connectivity index (χ1v) is 10.6. The van der Waals surface area contributed by atoms with E-state index in [1.54, 1.807) is 18.3 Å². The van der Waals surface area contributed by atoms with Gasteiger partial charge in [-0.2, -0.15) is 5.10 Å². The van der Waals surface area contributed by atoms with Gasteiger partial charge in [-0.15, -0.1) is 5.10 Å². The molecule has 3 heterocycles. The first-order chi connectivity index (χ1) is 15.5. The first kappa shape index (κ1) is 21.7. The maximum Gasteiger partial charge on any atom is 0.274 e. The highest BCUT2D eigenvalue weighted by atomic mass is 16.3. The summed E-state index contributed by atoms with van der Waals surface area (Å²) in [5, 5.41) is 26.3. The Hall–Kier alpha value is -3.51. The minimum Gasteiger partial charge on any atom is -0.394 e. The number of nitrogens with zero attached hydrogens (tertiary/aromatic N) is 5. The second-order valence-corrected chi connectivity index (χ2v) is 7.75. The zero-order valence-corrected chi connectivity index (χ0v) is 17.8. The zero-order chi connectivity index (χ0) is 22.7. The number of nitrogens with one attached hydrogen (secondary N) is 3. The highest BCUT2D eigenvalue weighted by Gasteiger charge is 2.23. The van der Waals surface area contributed by atoms with Crippen LogP contribution in [0.3, 0.4) is 0 Å². The molecule has 0 radical (unpaired) electrons. The molecule has 1 aliphatic rings. The molecule has 170 valence electrons. The maximum atomic E-state index is 13.0. The van der Waals surface area contributed by atoms with Crippen LogP contribution in [0.2, 0.25) is 0 Å². The zero-order valence-electron chi connectivity index (χ0n) is 17.8. The molecular weight excluding hydrogens is 414 g/mol. The van der Waals surface area contributed by atoms with E-state index in [4.69, 9.17) is 10.8 Å². The van der Waals surface area contributed by atoms with Crippen molar-refractivity contribution < 1.29 is 14.7 Å². The lowest BCUT2D eigenvalue weighted by molar-refractivity contribution is 0.0957. The van der Waals surface area contributed by atoms with Gasteiger partial charge in [0, 0.05) is 25.3 Å². The van der Waals surface area contributed by atoms with Gasteiger partial charge < -0.3 is 26.8 Å². The molecule has 1 saturated carbocycles. The standard InChI is InChI=1S/C20H27N9O3/c1-22-19(32)17-15(11-28(26-17)8-9-30)24-18(31)16-7-6-12-10-23-20(27-29(12)16)25-14-5-3-2-4-13(14)21/h6-7,10-11,13-14,30H,2-5,8-9,21H2,1H3,(H,22,32)(H,24,31)(H,25,27)/t13-,14+/m0/s1. The SMILES string of the molecule is CNC(=O)c1nn(CCO)cc1NC(=O)c1ccc2cnc(N[C@@H]3CCCC[C@@H]3N)nn12. The Labute approximate surface area is 184 Å². The van der Waals surface area contributed by atoms with Gasteiger partial charge in [0.25, 0.3) is 11.8 Å². The van der Waals surface area contributed by atoms with Crippen LogP contribution in [-0.4, -0.2) is 67.0 Å². The minimum absolute atomic E-state index is 0.0362. The maximum absolute atomic E-state index is 13.0. The third-order valence-electron chi connectivity index (χ3n) is 5.55. The molecule has 3 aromatic heterocycles. The molecule has 12 nitrogen and oxygen atoms in total. The van der Waals surface area contributed by atoms with Crippen LogP contribution < -0.4 is 21.7 Å². The fourth-order valence-electron chi connectivity index (χ4n) is 3.85. The molecule has 1 aliphatic carbocycles. The van der Waals surface area contributed by atoms with Gasteiger partial charge in [-0.1, -0.05) is 12.8 Å². The van der Waals surface area contributed by atoms with Crippen molar-refractivity contribution in [1.29, 1.82) is 0 Å². The Morgan fingerprint density at radius 3 is 2.78 bits per heavy atom. The molecule has 6 N–H and O–H groups in total. The number of carbonyl (C=O) groups excluding carboxylic acids is 2. The van der Waals surface area contributed by atoms with Crippen LogP contribution in [-0.2, 0) is 6.54 Å². The molecule has 0 bridgehead atoms. The largest absolute Gasteiger partial charge is 0.394 e. The molecule has 0 spiro atoms. The van der Waals surface area contributed by atoms with E-state index in [9.17, 15) is 9.59 Å². The van der Waals surface area contributed by atoms with Crippen molar-refractivity contribution in [2.45, 2.75) is 44.3 Å². The number of hydrogen-bond acceptors (Lipinski definition) is 8. The number of amides is 2. The lowest BCUT2D eigenvalue weighted by Crippen LogP contribution is -2.43. The molecule has 0 aromatic carbocycles. The van der Waals surface area contributed by atoms with Gasteiger partial charge in [0.1, 0.15) is 5.69 Å². The van der Waals surface area contributed by atoms with Crippen LogP contribution in [0.5, 0.6) is 0 Å². The number of hydrogen-bond donors (Lipinski definition) is 5. The molecule has 32 heavy (non-hydrogen) atoms. The fraction of sp³-hybridized carbons (Fsp3) is 0.450. The van der Waals surface area contributed by atoms with E-state index in [1.807, 2.05) is 0 Å². The predicted octanol–water partition coefficient (Wildman–Crippen LogP) is 0.212. The summed E-state index contributed by atoms with van der Waals surface area (Å²) < 4.78 is 2.89. The summed E-state index contributed by atoms with van der Waals surface area (Å²) in [4.78, 5) is 29.5. The van der Waals surface area contributed by atoms with Gasteiger partial charge in [-0.05, 0) is 25.0 Å². The summed E-state index contributed by atoms with van der Waals surface area (Å²) in [6, 6.07) is 3.49.